The molecule has 0 aromatic rings. The fourth-order valence-corrected chi connectivity index (χ4v) is 3.96. The highest BCUT2D eigenvalue weighted by atomic mass is 127. The van der Waals surface area contributed by atoms with Crippen LogP contribution < -0.4 is 22.1 Å². The van der Waals surface area contributed by atoms with E-state index in [2.05, 4.69) is 38.2 Å². The van der Waals surface area contributed by atoms with Crippen LogP contribution >= 0.6 is 22.6 Å². The highest BCUT2D eigenvalue weighted by molar-refractivity contribution is 14.1. The third-order valence-electron chi connectivity index (χ3n) is 4.61. The zero-order chi connectivity index (χ0) is 25.8. The Morgan fingerprint density at radius 2 is 2.03 bits per heavy atom. The molecule has 15 heteroatoms. The number of ether oxygens (including phenoxy) is 3. The zero-order valence-corrected chi connectivity index (χ0v) is 21.0. The SMILES string of the molecule is CC(=O)N[C@H]1[C@H]([C@H](OC(=O)NCCOC(C)CCI)[C@H](O)CO)OC(C(=O)O)=C[C@@H]1N=C(N)N. The first-order chi connectivity index (χ1) is 16.0. The standard InChI is InChI=1S/C19H32IN5O9/c1-9(3-4-20)32-6-5-23-19(31)34-15(12(28)8-26)16-14(24-10(2)27)11(25-18(21)22)7-13(33-16)17(29)30/h7,9,11-12,14-16,26,28H,3-6,8H2,1-2H3,(H,23,31)(H,24,27)(H,29,30)(H4,21,22,25)/t9?,11-,12+,14+,15+,16+/m0/s1. The fourth-order valence-electron chi connectivity index (χ4n) is 3.08. The van der Waals surface area contributed by atoms with Crippen LogP contribution in [0.2, 0.25) is 0 Å². The number of aliphatic imine (C=N–C) groups is 1. The topological polar surface area (TPSA) is 228 Å². The van der Waals surface area contributed by atoms with E-state index in [9.17, 15) is 29.7 Å². The van der Waals surface area contributed by atoms with E-state index in [0.29, 0.717) is 0 Å². The molecule has 2 amide bonds. The van der Waals surface area contributed by atoms with Crippen LogP contribution in [-0.2, 0) is 23.8 Å². The Hall–Kier alpha value is -2.37. The second kappa shape index (κ2) is 14.8. The molecule has 0 aromatic carbocycles. The van der Waals surface area contributed by atoms with E-state index in [1.165, 1.54) is 6.92 Å². The van der Waals surface area contributed by atoms with Crippen LogP contribution in [0.4, 0.5) is 4.79 Å². The van der Waals surface area contributed by atoms with E-state index in [1.807, 2.05) is 6.92 Å². The fraction of sp³-hybridized carbons (Fsp3) is 0.684. The second-order valence-corrected chi connectivity index (χ2v) is 8.47. The first-order valence-electron chi connectivity index (χ1n) is 10.4. The number of carbonyl (C=O) groups is 3. The normalized spacial score (nSPS) is 22.3. The summed E-state index contributed by atoms with van der Waals surface area (Å²) in [5.74, 6) is -3.04. The number of carboxylic acid groups (broad SMARTS) is 1. The van der Waals surface area contributed by atoms with Crippen LogP contribution in [0.25, 0.3) is 0 Å². The van der Waals surface area contributed by atoms with Gasteiger partial charge in [0.05, 0.1) is 31.4 Å². The lowest BCUT2D eigenvalue weighted by atomic mass is 9.92. The maximum Gasteiger partial charge on any atom is 0.407 e. The van der Waals surface area contributed by atoms with Crippen molar-refractivity contribution in [2.45, 2.75) is 56.8 Å². The van der Waals surface area contributed by atoms with Crippen molar-refractivity contribution < 1.29 is 43.9 Å². The van der Waals surface area contributed by atoms with E-state index in [4.69, 9.17) is 25.7 Å². The molecule has 0 radical (unpaired) electrons. The van der Waals surface area contributed by atoms with Gasteiger partial charge in [0.2, 0.25) is 11.7 Å². The van der Waals surface area contributed by atoms with Crippen molar-refractivity contribution >= 4 is 46.5 Å². The Morgan fingerprint density at radius 3 is 2.56 bits per heavy atom. The highest BCUT2D eigenvalue weighted by Crippen LogP contribution is 2.26. The van der Waals surface area contributed by atoms with Crippen LogP contribution in [0.1, 0.15) is 20.3 Å². The third-order valence-corrected chi connectivity index (χ3v) is 5.23. The van der Waals surface area contributed by atoms with Crippen molar-refractivity contribution in [3.63, 3.8) is 0 Å². The van der Waals surface area contributed by atoms with E-state index in [0.717, 1.165) is 16.9 Å². The first kappa shape index (κ1) is 29.7. The lowest BCUT2D eigenvalue weighted by Crippen LogP contribution is -2.61. The maximum absolute atomic E-state index is 12.4. The Kier molecular flexibility index (Phi) is 12.9. The van der Waals surface area contributed by atoms with Gasteiger partial charge in [-0.05, 0) is 19.4 Å². The number of hydrogen-bond acceptors (Lipinski definition) is 9. The van der Waals surface area contributed by atoms with E-state index >= 15 is 0 Å². The van der Waals surface area contributed by atoms with Crippen LogP contribution in [0.3, 0.4) is 0 Å². The molecule has 9 N–H and O–H groups in total. The van der Waals surface area contributed by atoms with Gasteiger partial charge in [-0.1, -0.05) is 22.6 Å². The third kappa shape index (κ3) is 9.86. The number of alkyl halides is 1. The van der Waals surface area contributed by atoms with E-state index in [-0.39, 0.29) is 19.3 Å². The van der Waals surface area contributed by atoms with Gasteiger partial charge in [-0.3, -0.25) is 4.79 Å². The molecule has 1 rings (SSSR count). The number of nitrogens with zero attached hydrogens (tertiary/aromatic N) is 1. The number of guanidine groups is 1. The molecule has 0 aromatic heterocycles. The molecule has 0 bridgehead atoms. The Morgan fingerprint density at radius 1 is 1.35 bits per heavy atom. The minimum Gasteiger partial charge on any atom is -0.477 e. The van der Waals surface area contributed by atoms with Crippen molar-refractivity contribution in [2.24, 2.45) is 16.5 Å². The van der Waals surface area contributed by atoms with Gasteiger partial charge < -0.3 is 51.6 Å². The van der Waals surface area contributed by atoms with Crippen molar-refractivity contribution in [1.82, 2.24) is 10.6 Å². The first-order valence-corrected chi connectivity index (χ1v) is 11.9. The summed E-state index contributed by atoms with van der Waals surface area (Å²) in [6.45, 7) is 2.51. The number of halogens is 1. The summed E-state index contributed by atoms with van der Waals surface area (Å²) >= 11 is 2.23. The molecule has 14 nitrogen and oxygen atoms in total. The van der Waals surface area contributed by atoms with Gasteiger partial charge in [-0.15, -0.1) is 0 Å². The molecule has 1 aliphatic rings. The van der Waals surface area contributed by atoms with Crippen molar-refractivity contribution in [3.05, 3.63) is 11.8 Å². The maximum atomic E-state index is 12.4. The number of aliphatic carboxylic acids is 1. The van der Waals surface area contributed by atoms with Gasteiger partial charge in [-0.25, -0.2) is 14.6 Å². The molecule has 194 valence electrons. The summed E-state index contributed by atoms with van der Waals surface area (Å²) in [7, 11) is 0. The summed E-state index contributed by atoms with van der Waals surface area (Å²) in [5, 5.41) is 34.2. The number of aliphatic hydroxyl groups is 2. The average Bonchev–Trinajstić information content (AvgIpc) is 2.75. The molecule has 0 spiro atoms. The van der Waals surface area contributed by atoms with Crippen molar-refractivity contribution in [3.8, 4) is 0 Å². The van der Waals surface area contributed by atoms with E-state index in [1.54, 1.807) is 0 Å². The summed E-state index contributed by atoms with van der Waals surface area (Å²) in [6.07, 6.45) is -3.86. The number of nitrogens with two attached hydrogens (primary N) is 2. The van der Waals surface area contributed by atoms with E-state index < -0.39 is 66.7 Å². The molecular formula is C19H32IN5O9. The molecule has 1 aliphatic heterocycles. The number of amides is 2. The number of aliphatic hydroxyl groups excluding tert-OH is 2. The molecule has 6 atom stereocenters. The minimum atomic E-state index is -1.69. The molecule has 0 saturated carbocycles. The Balaban J connectivity index is 3.10. The van der Waals surface area contributed by atoms with Crippen molar-refractivity contribution in [1.29, 1.82) is 0 Å². The van der Waals surface area contributed by atoms with Gasteiger partial charge >= 0.3 is 12.1 Å². The molecule has 0 saturated heterocycles. The van der Waals surface area contributed by atoms with Crippen LogP contribution in [0, 0.1) is 0 Å². The Bertz CT molecular complexity index is 762. The van der Waals surface area contributed by atoms with Crippen molar-refractivity contribution in [2.75, 3.05) is 24.2 Å². The average molecular weight is 601 g/mol. The quantitative estimate of drug-likeness (QED) is 0.0409. The molecule has 1 unspecified atom stereocenters. The summed E-state index contributed by atoms with van der Waals surface area (Å²) in [6, 6.07) is -2.29. The molecule has 0 fully saturated rings. The number of nitrogens with one attached hydrogen (secondary N) is 2. The molecule has 1 heterocycles. The number of hydrogen-bond donors (Lipinski definition) is 7. The molecule has 34 heavy (non-hydrogen) atoms. The largest absolute Gasteiger partial charge is 0.477 e. The summed E-state index contributed by atoms with van der Waals surface area (Å²) < 4.78 is 17.1. The number of carboxylic acids is 1. The number of carbonyl (C=O) groups excluding carboxylic acids is 2. The lowest BCUT2D eigenvalue weighted by molar-refractivity contribution is -0.146. The smallest absolute Gasteiger partial charge is 0.407 e. The minimum absolute atomic E-state index is 0.00132. The van der Waals surface area contributed by atoms with Crippen LogP contribution in [0.5, 0.6) is 0 Å². The monoisotopic (exact) mass is 601 g/mol. The molecule has 0 aliphatic carbocycles. The summed E-state index contributed by atoms with van der Waals surface area (Å²) in [4.78, 5) is 39.7. The van der Waals surface area contributed by atoms with Gasteiger partial charge in [0, 0.05) is 17.9 Å². The van der Waals surface area contributed by atoms with Crippen LogP contribution in [-0.4, -0.2) is 99.9 Å². The molecular weight excluding hydrogens is 569 g/mol. The Labute approximate surface area is 210 Å². The predicted molar refractivity (Wildman–Crippen MR) is 128 cm³/mol. The predicted octanol–water partition coefficient (Wildman–Crippen LogP) is -1.82. The van der Waals surface area contributed by atoms with Gasteiger partial charge in [-0.2, -0.15) is 0 Å². The van der Waals surface area contributed by atoms with Gasteiger partial charge in [0.1, 0.15) is 6.10 Å². The highest BCUT2D eigenvalue weighted by Gasteiger charge is 2.46. The van der Waals surface area contributed by atoms with Gasteiger partial charge in [0.15, 0.2) is 18.2 Å². The number of alkyl carbamates (subject to hydrolysis) is 1. The number of rotatable bonds is 13. The summed E-state index contributed by atoms with van der Waals surface area (Å²) in [5.41, 5.74) is 10.9. The van der Waals surface area contributed by atoms with Crippen LogP contribution in [0.15, 0.2) is 16.8 Å². The lowest BCUT2D eigenvalue weighted by Gasteiger charge is -2.39. The second-order valence-electron chi connectivity index (χ2n) is 7.40. The van der Waals surface area contributed by atoms with Gasteiger partial charge in [0.25, 0.3) is 0 Å². The zero-order valence-electron chi connectivity index (χ0n) is 18.8.